The minimum absolute atomic E-state index is 0.278. The van der Waals surface area contributed by atoms with E-state index in [-0.39, 0.29) is 17.6 Å². The fourth-order valence-electron chi connectivity index (χ4n) is 6.14. The summed E-state index contributed by atoms with van der Waals surface area (Å²) in [5.41, 5.74) is 2.84. The molecular weight excluding hydrogens is 495 g/mol. The normalized spacial score (nSPS) is 22.1. The first-order chi connectivity index (χ1) is 18.5. The summed E-state index contributed by atoms with van der Waals surface area (Å²) in [6.45, 7) is 5.45. The fourth-order valence-corrected chi connectivity index (χ4v) is 6.14. The molecule has 2 amide bonds. The van der Waals surface area contributed by atoms with E-state index in [9.17, 15) is 19.1 Å². The summed E-state index contributed by atoms with van der Waals surface area (Å²) < 4.78 is 15.3. The van der Waals surface area contributed by atoms with Crippen molar-refractivity contribution in [2.75, 3.05) is 7.05 Å². The molecule has 3 N–H and O–H groups in total. The number of carbonyl (C=O) groups is 2. The Morgan fingerprint density at radius 3 is 2.59 bits per heavy atom. The summed E-state index contributed by atoms with van der Waals surface area (Å²) in [5, 5.41) is 22.0. The minimum atomic E-state index is -1.06. The van der Waals surface area contributed by atoms with E-state index >= 15 is 0 Å². The number of benzene rings is 2. The zero-order valence-electron chi connectivity index (χ0n) is 22.8. The van der Waals surface area contributed by atoms with Gasteiger partial charge < -0.3 is 15.7 Å². The van der Waals surface area contributed by atoms with Crippen molar-refractivity contribution < 1.29 is 19.1 Å². The second-order valence-corrected chi connectivity index (χ2v) is 11.5. The lowest BCUT2D eigenvalue weighted by Gasteiger charge is -2.42. The number of carbonyl (C=O) groups excluding carboxylic acids is 2. The fraction of sp³-hybridized carbons (Fsp3) is 0.387. The quantitative estimate of drug-likeness (QED) is 0.423. The van der Waals surface area contributed by atoms with Crippen LogP contribution in [0.2, 0.25) is 0 Å². The van der Waals surface area contributed by atoms with Gasteiger partial charge in [-0.25, -0.2) is 9.07 Å². The van der Waals surface area contributed by atoms with Gasteiger partial charge in [0.05, 0.1) is 23.2 Å². The third-order valence-corrected chi connectivity index (χ3v) is 8.65. The number of aromatic nitrogens is 2. The number of aryl methyl sites for hydroxylation is 1. The molecule has 3 aromatic rings. The number of hydrogen-bond acceptors (Lipinski definition) is 4. The average Bonchev–Trinajstić information content (AvgIpc) is 3.43. The van der Waals surface area contributed by atoms with E-state index in [1.54, 1.807) is 38.1 Å². The Bertz CT molecular complexity index is 1460. The van der Waals surface area contributed by atoms with Crippen LogP contribution in [0.4, 0.5) is 4.39 Å². The second kappa shape index (κ2) is 9.75. The zero-order chi connectivity index (χ0) is 28.0. The maximum Gasteiger partial charge on any atom is 0.252 e. The predicted octanol–water partition coefficient (Wildman–Crippen LogP) is 4.37. The molecule has 0 aliphatic heterocycles. The first-order valence-electron chi connectivity index (χ1n) is 13.4. The summed E-state index contributed by atoms with van der Waals surface area (Å²) in [7, 11) is 1.54. The van der Waals surface area contributed by atoms with Gasteiger partial charge in [-0.3, -0.25) is 9.59 Å². The minimum Gasteiger partial charge on any atom is -0.389 e. The number of halogens is 1. The molecule has 0 spiro atoms. The van der Waals surface area contributed by atoms with Crippen LogP contribution in [-0.4, -0.2) is 44.9 Å². The zero-order valence-corrected chi connectivity index (χ0v) is 22.8. The SMILES string of the molecule is CNC(=O)C(C)(C)NC(=O)c1ccccc1CC[C@]1(O)CCC2=Cc3c(cnn3-c3ccc(F)cc3)C[C@@]21C. The maximum absolute atomic E-state index is 13.5. The monoisotopic (exact) mass is 530 g/mol. The van der Waals surface area contributed by atoms with Crippen LogP contribution in [-0.2, 0) is 17.6 Å². The van der Waals surface area contributed by atoms with Gasteiger partial charge in [-0.1, -0.05) is 30.7 Å². The van der Waals surface area contributed by atoms with Gasteiger partial charge in [-0.05, 0) is 93.5 Å². The van der Waals surface area contributed by atoms with Crippen molar-refractivity contribution in [2.45, 2.75) is 64.0 Å². The predicted molar refractivity (Wildman–Crippen MR) is 148 cm³/mol. The Hall–Kier alpha value is -3.78. The molecule has 0 bridgehead atoms. The number of likely N-dealkylation sites (N-methyl/N-ethyl adjacent to an activating group) is 1. The van der Waals surface area contributed by atoms with Crippen LogP contribution in [0.15, 0.2) is 60.3 Å². The highest BCUT2D eigenvalue weighted by Gasteiger charge is 2.54. The topological polar surface area (TPSA) is 96.2 Å². The standard InChI is InChI=1S/C31H35FN4O3/c1-29(2,28(38)33-4)35-27(37)25-8-6-5-7-20(25)13-15-31(39)16-14-22-17-26-21(18-30(22,31)3)19-34-36(26)24-11-9-23(32)10-12-24/h5-12,17,19,39H,13-16,18H2,1-4H3,(H,33,38)(H,35,37)/t30-,31-/m0/s1. The third-order valence-electron chi connectivity index (χ3n) is 8.65. The Morgan fingerprint density at radius 1 is 1.15 bits per heavy atom. The van der Waals surface area contributed by atoms with Gasteiger partial charge in [-0.15, -0.1) is 0 Å². The van der Waals surface area contributed by atoms with Crippen molar-refractivity contribution in [1.82, 2.24) is 20.4 Å². The number of amides is 2. The first kappa shape index (κ1) is 26.8. The van der Waals surface area contributed by atoms with Gasteiger partial charge in [0, 0.05) is 18.0 Å². The molecule has 8 heteroatoms. The van der Waals surface area contributed by atoms with E-state index in [2.05, 4.69) is 28.7 Å². The third kappa shape index (κ3) is 4.67. The summed E-state index contributed by atoms with van der Waals surface area (Å²) in [5.74, 6) is -0.888. The van der Waals surface area contributed by atoms with Crippen molar-refractivity contribution in [3.63, 3.8) is 0 Å². The van der Waals surface area contributed by atoms with Gasteiger partial charge in [0.1, 0.15) is 11.4 Å². The molecule has 2 aliphatic carbocycles. The van der Waals surface area contributed by atoms with Crippen molar-refractivity contribution in [3.8, 4) is 5.69 Å². The lowest BCUT2D eigenvalue weighted by atomic mass is 9.65. The summed E-state index contributed by atoms with van der Waals surface area (Å²) in [4.78, 5) is 25.3. The molecule has 7 nitrogen and oxygen atoms in total. The molecule has 204 valence electrons. The Balaban J connectivity index is 1.36. The Labute approximate surface area is 228 Å². The molecule has 1 fully saturated rings. The molecule has 5 rings (SSSR count). The van der Waals surface area contributed by atoms with Crippen LogP contribution in [0.25, 0.3) is 11.8 Å². The number of hydrogen-bond donors (Lipinski definition) is 3. The largest absolute Gasteiger partial charge is 0.389 e. The van der Waals surface area contributed by atoms with E-state index in [1.165, 1.54) is 24.8 Å². The first-order valence-corrected chi connectivity index (χ1v) is 13.4. The van der Waals surface area contributed by atoms with E-state index < -0.39 is 16.6 Å². The average molecular weight is 531 g/mol. The molecule has 2 aromatic carbocycles. The van der Waals surface area contributed by atoms with Gasteiger partial charge in [-0.2, -0.15) is 5.10 Å². The van der Waals surface area contributed by atoms with Crippen molar-refractivity contribution >= 4 is 17.9 Å². The molecule has 1 saturated carbocycles. The van der Waals surface area contributed by atoms with Crippen molar-refractivity contribution in [1.29, 1.82) is 0 Å². The number of nitrogens with zero attached hydrogens (tertiary/aromatic N) is 2. The van der Waals surface area contributed by atoms with Crippen LogP contribution in [0.3, 0.4) is 0 Å². The molecule has 39 heavy (non-hydrogen) atoms. The van der Waals surface area contributed by atoms with Crippen LogP contribution in [0.1, 0.15) is 67.2 Å². The van der Waals surface area contributed by atoms with Crippen LogP contribution >= 0.6 is 0 Å². The highest BCUT2D eigenvalue weighted by atomic mass is 19.1. The van der Waals surface area contributed by atoms with E-state index in [1.807, 2.05) is 23.0 Å². The highest BCUT2D eigenvalue weighted by molar-refractivity contribution is 5.99. The smallest absolute Gasteiger partial charge is 0.252 e. The number of aliphatic hydroxyl groups is 1. The van der Waals surface area contributed by atoms with Gasteiger partial charge in [0.15, 0.2) is 0 Å². The van der Waals surface area contributed by atoms with Gasteiger partial charge in [0.25, 0.3) is 5.91 Å². The molecule has 2 atom stereocenters. The van der Waals surface area contributed by atoms with Crippen LogP contribution < -0.4 is 10.6 Å². The second-order valence-electron chi connectivity index (χ2n) is 11.5. The summed E-state index contributed by atoms with van der Waals surface area (Å²) in [6, 6.07) is 13.6. The molecule has 2 aliphatic rings. The van der Waals surface area contributed by atoms with Crippen LogP contribution in [0.5, 0.6) is 0 Å². The molecule has 1 heterocycles. The van der Waals surface area contributed by atoms with E-state index in [4.69, 9.17) is 0 Å². The van der Waals surface area contributed by atoms with Crippen molar-refractivity contribution in [3.05, 3.63) is 88.5 Å². The van der Waals surface area contributed by atoms with E-state index in [0.29, 0.717) is 31.2 Å². The number of nitrogens with one attached hydrogen (secondary N) is 2. The van der Waals surface area contributed by atoms with Gasteiger partial charge in [0.2, 0.25) is 5.91 Å². The molecule has 0 radical (unpaired) electrons. The van der Waals surface area contributed by atoms with Crippen molar-refractivity contribution in [2.24, 2.45) is 5.41 Å². The molecular formula is C31H35FN4O3. The lowest BCUT2D eigenvalue weighted by Crippen LogP contribution is -2.54. The van der Waals surface area contributed by atoms with Gasteiger partial charge >= 0.3 is 0 Å². The van der Waals surface area contributed by atoms with E-state index in [0.717, 1.165) is 28.9 Å². The number of rotatable bonds is 7. The molecule has 0 unspecified atom stereocenters. The van der Waals surface area contributed by atoms with Crippen LogP contribution in [0, 0.1) is 11.2 Å². The number of fused-ring (bicyclic) bond motifs is 2. The molecule has 1 aromatic heterocycles. The summed E-state index contributed by atoms with van der Waals surface area (Å²) >= 11 is 0. The maximum atomic E-state index is 13.5. The highest BCUT2D eigenvalue weighted by Crippen LogP contribution is 2.56. The Morgan fingerprint density at radius 2 is 1.87 bits per heavy atom. The summed E-state index contributed by atoms with van der Waals surface area (Å²) in [6.07, 6.45) is 7.02. The lowest BCUT2D eigenvalue weighted by molar-refractivity contribution is -0.125. The Kier molecular flexibility index (Phi) is 6.71. The molecule has 0 saturated heterocycles.